The van der Waals surface area contributed by atoms with Gasteiger partial charge in [0.2, 0.25) is 6.41 Å². The predicted octanol–water partition coefficient (Wildman–Crippen LogP) is 3.06. The van der Waals surface area contributed by atoms with Crippen LogP contribution in [0.25, 0.3) is 0 Å². The fourth-order valence-electron chi connectivity index (χ4n) is 3.46. The molecule has 25 heavy (non-hydrogen) atoms. The number of hydrogen-bond donors (Lipinski definition) is 2. The maximum atomic E-state index is 10.3. The number of aryl methyl sites for hydroxylation is 1. The van der Waals surface area contributed by atoms with Gasteiger partial charge in [0, 0.05) is 17.0 Å². The molecule has 0 heterocycles. The van der Waals surface area contributed by atoms with Gasteiger partial charge in [-0.2, -0.15) is 0 Å². The molecule has 2 atom stereocenters. The van der Waals surface area contributed by atoms with E-state index >= 15 is 0 Å². The summed E-state index contributed by atoms with van der Waals surface area (Å²) in [5, 5.41) is 3.35. The molecule has 0 spiro atoms. The zero-order valence-corrected chi connectivity index (χ0v) is 14.8. The first-order valence-corrected chi connectivity index (χ1v) is 8.98. The molecular formula is C20H23ClN2O2. The van der Waals surface area contributed by atoms with Crippen LogP contribution < -0.4 is 15.8 Å². The van der Waals surface area contributed by atoms with Crippen molar-refractivity contribution in [2.45, 2.75) is 31.2 Å². The minimum Gasteiger partial charge on any atom is -0.492 e. The van der Waals surface area contributed by atoms with E-state index in [1.54, 1.807) is 0 Å². The third kappa shape index (κ3) is 4.53. The van der Waals surface area contributed by atoms with Crippen molar-refractivity contribution in [2.75, 3.05) is 13.2 Å². The van der Waals surface area contributed by atoms with Crippen LogP contribution in [0.15, 0.2) is 42.5 Å². The zero-order valence-electron chi connectivity index (χ0n) is 14.1. The van der Waals surface area contributed by atoms with Gasteiger partial charge in [0.15, 0.2) is 0 Å². The van der Waals surface area contributed by atoms with Crippen molar-refractivity contribution < 1.29 is 9.53 Å². The van der Waals surface area contributed by atoms with Crippen molar-refractivity contribution in [1.29, 1.82) is 0 Å². The van der Waals surface area contributed by atoms with E-state index in [0.717, 1.165) is 30.0 Å². The number of nitrogens with one attached hydrogen (secondary N) is 1. The Balaban J connectivity index is 1.79. The molecule has 0 radical (unpaired) electrons. The molecule has 2 aromatic rings. The second-order valence-electron chi connectivity index (χ2n) is 6.42. The molecule has 0 saturated carbocycles. The summed E-state index contributed by atoms with van der Waals surface area (Å²) in [6.07, 6.45) is 3.53. The quantitative estimate of drug-likeness (QED) is 0.590. The van der Waals surface area contributed by atoms with Gasteiger partial charge in [-0.1, -0.05) is 29.8 Å². The number of rotatable bonds is 7. The zero-order chi connectivity index (χ0) is 17.6. The van der Waals surface area contributed by atoms with Crippen LogP contribution in [0.5, 0.6) is 5.75 Å². The van der Waals surface area contributed by atoms with Gasteiger partial charge in [0.25, 0.3) is 0 Å². The van der Waals surface area contributed by atoms with Gasteiger partial charge in [0.1, 0.15) is 12.4 Å². The molecule has 132 valence electrons. The number of ether oxygens (including phenoxy) is 1. The number of nitrogens with two attached hydrogens (primary N) is 1. The Morgan fingerprint density at radius 2 is 2.16 bits per heavy atom. The molecule has 0 aliphatic heterocycles. The average molecular weight is 359 g/mol. The Bertz CT molecular complexity index is 735. The number of hydrogen-bond acceptors (Lipinski definition) is 3. The van der Waals surface area contributed by atoms with Crippen LogP contribution in [0.2, 0.25) is 5.02 Å². The standard InChI is InChI=1S/C20H23ClN2O2/c21-16-3-1-2-14(10-16)11-19-18-12-17(25-9-8-23-13-24)6-4-15(18)5-7-20(19)22/h1-4,6,10,12-13,19-20H,5,7-9,11,22H2,(H,23,24). The Morgan fingerprint density at radius 3 is 2.96 bits per heavy atom. The third-order valence-corrected chi connectivity index (χ3v) is 4.96. The van der Waals surface area contributed by atoms with Gasteiger partial charge in [-0.3, -0.25) is 4.79 Å². The topological polar surface area (TPSA) is 64.3 Å². The monoisotopic (exact) mass is 358 g/mol. The first kappa shape index (κ1) is 17.8. The van der Waals surface area contributed by atoms with Crippen molar-refractivity contribution in [2.24, 2.45) is 5.73 Å². The summed E-state index contributed by atoms with van der Waals surface area (Å²) in [7, 11) is 0. The highest BCUT2D eigenvalue weighted by Crippen LogP contribution is 2.36. The third-order valence-electron chi connectivity index (χ3n) is 4.72. The van der Waals surface area contributed by atoms with Gasteiger partial charge < -0.3 is 15.8 Å². The second-order valence-corrected chi connectivity index (χ2v) is 6.86. The van der Waals surface area contributed by atoms with E-state index in [4.69, 9.17) is 22.1 Å². The summed E-state index contributed by atoms with van der Waals surface area (Å²) >= 11 is 6.13. The molecule has 3 rings (SSSR count). The number of carbonyl (C=O) groups is 1. The van der Waals surface area contributed by atoms with Crippen molar-refractivity contribution in [1.82, 2.24) is 5.32 Å². The molecule has 0 aromatic heterocycles. The molecule has 2 aromatic carbocycles. The first-order valence-electron chi connectivity index (χ1n) is 8.60. The summed E-state index contributed by atoms with van der Waals surface area (Å²) in [5.74, 6) is 1.07. The van der Waals surface area contributed by atoms with Crippen molar-refractivity contribution >= 4 is 18.0 Å². The summed E-state index contributed by atoms with van der Waals surface area (Å²) in [6, 6.07) is 14.3. The summed E-state index contributed by atoms with van der Waals surface area (Å²) in [5.41, 5.74) is 10.2. The SMILES string of the molecule is NC1CCc2ccc(OCCNC=O)cc2C1Cc1cccc(Cl)c1. The van der Waals surface area contributed by atoms with Crippen LogP contribution in [0, 0.1) is 0 Å². The molecule has 2 unspecified atom stereocenters. The van der Waals surface area contributed by atoms with E-state index in [1.807, 2.05) is 24.3 Å². The highest BCUT2D eigenvalue weighted by molar-refractivity contribution is 6.30. The van der Waals surface area contributed by atoms with Gasteiger partial charge in [0.05, 0.1) is 6.54 Å². The minimum absolute atomic E-state index is 0.124. The highest BCUT2D eigenvalue weighted by atomic mass is 35.5. The smallest absolute Gasteiger partial charge is 0.207 e. The number of carbonyl (C=O) groups excluding carboxylic acids is 1. The van der Waals surface area contributed by atoms with Crippen LogP contribution in [-0.2, 0) is 17.6 Å². The Hall–Kier alpha value is -2.04. The summed E-state index contributed by atoms with van der Waals surface area (Å²) < 4.78 is 5.74. The van der Waals surface area contributed by atoms with Crippen LogP contribution >= 0.6 is 11.6 Å². The van der Waals surface area contributed by atoms with E-state index in [2.05, 4.69) is 23.5 Å². The molecule has 1 aliphatic carbocycles. The Morgan fingerprint density at radius 1 is 1.28 bits per heavy atom. The van der Waals surface area contributed by atoms with E-state index in [1.165, 1.54) is 16.7 Å². The summed E-state index contributed by atoms with van der Waals surface area (Å²) in [4.78, 5) is 10.3. The first-order chi connectivity index (χ1) is 12.2. The maximum Gasteiger partial charge on any atom is 0.207 e. The number of amides is 1. The molecular weight excluding hydrogens is 336 g/mol. The largest absolute Gasteiger partial charge is 0.492 e. The van der Waals surface area contributed by atoms with E-state index < -0.39 is 0 Å². The van der Waals surface area contributed by atoms with Gasteiger partial charge in [-0.05, 0) is 60.2 Å². The normalized spacial score (nSPS) is 19.1. The molecule has 4 nitrogen and oxygen atoms in total. The van der Waals surface area contributed by atoms with E-state index in [-0.39, 0.29) is 12.0 Å². The Labute approximate surface area is 153 Å². The molecule has 3 N–H and O–H groups in total. The van der Waals surface area contributed by atoms with Gasteiger partial charge in [-0.25, -0.2) is 0 Å². The van der Waals surface area contributed by atoms with Crippen LogP contribution in [0.3, 0.4) is 0 Å². The molecule has 0 saturated heterocycles. The lowest BCUT2D eigenvalue weighted by atomic mass is 9.76. The van der Waals surface area contributed by atoms with Crippen molar-refractivity contribution in [3.8, 4) is 5.75 Å². The van der Waals surface area contributed by atoms with E-state index in [9.17, 15) is 4.79 Å². The number of fused-ring (bicyclic) bond motifs is 1. The maximum absolute atomic E-state index is 10.3. The molecule has 1 aliphatic rings. The highest BCUT2D eigenvalue weighted by Gasteiger charge is 2.27. The lowest BCUT2D eigenvalue weighted by molar-refractivity contribution is -0.109. The lowest BCUT2D eigenvalue weighted by Crippen LogP contribution is -2.34. The van der Waals surface area contributed by atoms with Crippen LogP contribution in [0.1, 0.15) is 29.0 Å². The lowest BCUT2D eigenvalue weighted by Gasteiger charge is -2.32. The molecule has 1 amide bonds. The van der Waals surface area contributed by atoms with Crippen LogP contribution in [-0.4, -0.2) is 25.6 Å². The van der Waals surface area contributed by atoms with Gasteiger partial charge >= 0.3 is 0 Å². The van der Waals surface area contributed by atoms with E-state index in [0.29, 0.717) is 19.6 Å². The Kier molecular flexibility index (Phi) is 5.95. The fourth-order valence-corrected chi connectivity index (χ4v) is 3.67. The van der Waals surface area contributed by atoms with Crippen LogP contribution in [0.4, 0.5) is 0 Å². The van der Waals surface area contributed by atoms with Crippen molar-refractivity contribution in [3.05, 3.63) is 64.2 Å². The number of halogens is 1. The minimum atomic E-state index is 0.124. The van der Waals surface area contributed by atoms with Gasteiger partial charge in [-0.15, -0.1) is 0 Å². The number of benzene rings is 2. The predicted molar refractivity (Wildman–Crippen MR) is 100 cm³/mol. The second kappa shape index (κ2) is 8.37. The van der Waals surface area contributed by atoms with Crippen molar-refractivity contribution in [3.63, 3.8) is 0 Å². The molecule has 5 heteroatoms. The molecule has 0 bridgehead atoms. The molecule has 0 fully saturated rings. The summed E-state index contributed by atoms with van der Waals surface area (Å²) in [6.45, 7) is 0.939. The fraction of sp³-hybridized carbons (Fsp3) is 0.350. The average Bonchev–Trinajstić information content (AvgIpc) is 2.61.